The van der Waals surface area contributed by atoms with Gasteiger partial charge in [0.1, 0.15) is 5.75 Å². The molecule has 4 heteroatoms. The highest BCUT2D eigenvalue weighted by atomic mass is 32.2. The Balaban J connectivity index is 1.43. The second kappa shape index (κ2) is 9.00. The minimum atomic E-state index is -0.947. The average Bonchev–Trinajstić information content (AvgIpc) is 3.18. The topological polar surface area (TPSA) is 35.5 Å². The molecule has 0 radical (unpaired) electrons. The van der Waals surface area contributed by atoms with Gasteiger partial charge < -0.3 is 9.47 Å². The fraction of sp³-hybridized carbons (Fsp3) is 0.233. The second-order valence-electron chi connectivity index (χ2n) is 8.78. The molecule has 1 atom stereocenters. The second-order valence-corrected chi connectivity index (χ2v) is 10.7. The quantitative estimate of drug-likeness (QED) is 0.133. The summed E-state index contributed by atoms with van der Waals surface area (Å²) in [5.41, 5.74) is 1.06. The van der Waals surface area contributed by atoms with Crippen LogP contribution in [0.5, 0.6) is 5.75 Å². The zero-order valence-corrected chi connectivity index (χ0v) is 20.3. The highest BCUT2D eigenvalue weighted by Crippen LogP contribution is 2.49. The molecule has 1 aliphatic rings. The predicted octanol–water partition coefficient (Wildman–Crippen LogP) is 7.38. The molecule has 34 heavy (non-hydrogen) atoms. The molecule has 3 nitrogen and oxygen atoms in total. The molecule has 170 valence electrons. The van der Waals surface area contributed by atoms with Gasteiger partial charge in [0.2, 0.25) is 0 Å². The monoisotopic (exact) mass is 467 g/mol. The summed E-state index contributed by atoms with van der Waals surface area (Å²) >= 11 is 0. The van der Waals surface area contributed by atoms with Crippen molar-refractivity contribution in [2.45, 2.75) is 38.7 Å². The first-order valence-electron chi connectivity index (χ1n) is 11.6. The van der Waals surface area contributed by atoms with E-state index in [4.69, 9.17) is 15.9 Å². The van der Waals surface area contributed by atoms with E-state index in [1.807, 2.05) is 26.0 Å². The van der Waals surface area contributed by atoms with E-state index in [1.165, 1.54) is 25.1 Å². The number of thiophene rings is 1. The summed E-state index contributed by atoms with van der Waals surface area (Å²) in [6.07, 6.45) is 12.0. The molecule has 0 saturated carbocycles. The number of ether oxygens (including phenoxy) is 2. The van der Waals surface area contributed by atoms with Crippen LogP contribution in [0.1, 0.15) is 30.4 Å². The van der Waals surface area contributed by atoms with Crippen molar-refractivity contribution in [1.82, 2.24) is 0 Å². The number of allylic oxidation sites excluding steroid dienone is 1. The normalized spacial score (nSPS) is 17.6. The van der Waals surface area contributed by atoms with Crippen LogP contribution in [0, 0.1) is 26.2 Å². The maximum atomic E-state index is 12.5. The third-order valence-electron chi connectivity index (χ3n) is 6.35. The van der Waals surface area contributed by atoms with Gasteiger partial charge in [0.05, 0.1) is 0 Å². The smallest absolute Gasteiger partial charge is 0.345 e. The Labute approximate surface area is 203 Å². The van der Waals surface area contributed by atoms with Crippen molar-refractivity contribution in [2.75, 3.05) is 6.61 Å². The summed E-state index contributed by atoms with van der Waals surface area (Å²) in [5, 5.41) is 2.61. The molecule has 1 unspecified atom stereocenters. The zero-order chi connectivity index (χ0) is 23.7. The fourth-order valence-corrected chi connectivity index (χ4v) is 7.36. The number of benzene rings is 3. The van der Waals surface area contributed by atoms with Crippen molar-refractivity contribution >= 4 is 36.6 Å². The Morgan fingerprint density at radius 2 is 1.65 bits per heavy atom. The third-order valence-corrected chi connectivity index (χ3v) is 8.65. The van der Waals surface area contributed by atoms with Gasteiger partial charge in [-0.3, -0.25) is 0 Å². The van der Waals surface area contributed by atoms with Gasteiger partial charge in [0.15, 0.2) is 26.5 Å². The molecule has 0 fully saturated rings. The van der Waals surface area contributed by atoms with Gasteiger partial charge in [-0.15, -0.1) is 6.42 Å². The molecule has 5 rings (SSSR count). The van der Waals surface area contributed by atoms with Crippen molar-refractivity contribution < 1.29 is 14.3 Å². The number of aryl methyl sites for hydroxylation is 2. The Bertz CT molecular complexity index is 1390. The number of carbonyl (C=O) groups excluding carboxylic acids is 1. The molecule has 1 aliphatic carbocycles. The van der Waals surface area contributed by atoms with Crippen LogP contribution in [0.15, 0.2) is 72.8 Å². The Morgan fingerprint density at radius 3 is 2.21 bits per heavy atom. The van der Waals surface area contributed by atoms with Crippen molar-refractivity contribution in [2.24, 2.45) is 0 Å². The summed E-state index contributed by atoms with van der Waals surface area (Å²) in [6.45, 7) is 3.89. The first kappa shape index (κ1) is 22.3. The summed E-state index contributed by atoms with van der Waals surface area (Å²) in [7, 11) is -0.171. The molecule has 0 bridgehead atoms. The molecular weight excluding hydrogens is 440 g/mol. The lowest BCUT2D eigenvalue weighted by Crippen LogP contribution is -2.34. The predicted molar refractivity (Wildman–Crippen MR) is 141 cm³/mol. The van der Waals surface area contributed by atoms with Crippen molar-refractivity contribution in [3.8, 4) is 23.0 Å². The molecule has 1 aromatic heterocycles. The van der Waals surface area contributed by atoms with Crippen molar-refractivity contribution in [3.05, 3.63) is 83.9 Å². The average molecular weight is 468 g/mol. The molecular formula is C30H27O3S+. The standard InChI is InChI=1S/C30H27O3S/c1-4-30(16-10-5-11-17-30)33-28(31)20-32-29-21(2)18-23(19-22(29)3)34-26-14-8-6-12-24(26)25-13-7-9-15-27(25)34/h1,6-10,12-16,18-19H,5,11,17,20H2,2-3H3/q+1. The molecule has 0 amide bonds. The Morgan fingerprint density at radius 1 is 1.03 bits per heavy atom. The summed E-state index contributed by atoms with van der Waals surface area (Å²) in [6, 6.07) is 21.6. The molecule has 3 aromatic carbocycles. The number of hydrogen-bond acceptors (Lipinski definition) is 3. The lowest BCUT2D eigenvalue weighted by Gasteiger charge is -2.27. The lowest BCUT2D eigenvalue weighted by atomic mass is 9.92. The van der Waals surface area contributed by atoms with E-state index in [1.54, 1.807) is 0 Å². The van der Waals surface area contributed by atoms with Crippen LogP contribution < -0.4 is 4.74 Å². The van der Waals surface area contributed by atoms with Crippen molar-refractivity contribution in [1.29, 1.82) is 0 Å². The van der Waals surface area contributed by atoms with Crippen LogP contribution in [0.4, 0.5) is 0 Å². The number of rotatable bonds is 5. The molecule has 0 N–H and O–H groups in total. The zero-order valence-electron chi connectivity index (χ0n) is 19.5. The summed E-state index contributed by atoms with van der Waals surface area (Å²) in [5.74, 6) is 2.91. The minimum absolute atomic E-state index is 0.171. The molecule has 4 aromatic rings. The van der Waals surface area contributed by atoms with E-state index in [0.29, 0.717) is 6.42 Å². The summed E-state index contributed by atoms with van der Waals surface area (Å²) in [4.78, 5) is 13.8. The number of fused-ring (bicyclic) bond motifs is 3. The largest absolute Gasteiger partial charge is 0.481 e. The molecule has 0 saturated heterocycles. The van der Waals surface area contributed by atoms with Gasteiger partial charge in [-0.2, -0.15) is 0 Å². The number of esters is 1. The highest BCUT2D eigenvalue weighted by Gasteiger charge is 2.31. The number of carbonyl (C=O) groups is 1. The van der Waals surface area contributed by atoms with Gasteiger partial charge in [-0.05, 0) is 68.2 Å². The first-order chi connectivity index (χ1) is 16.5. The number of terminal acetylenes is 1. The summed E-state index contributed by atoms with van der Waals surface area (Å²) < 4.78 is 14.3. The minimum Gasteiger partial charge on any atom is -0.481 e. The van der Waals surface area contributed by atoms with Crippen LogP contribution in [-0.4, -0.2) is 18.2 Å². The molecule has 1 heterocycles. The van der Waals surface area contributed by atoms with E-state index in [2.05, 4.69) is 66.6 Å². The van der Waals surface area contributed by atoms with E-state index in [-0.39, 0.29) is 17.1 Å². The highest BCUT2D eigenvalue weighted by molar-refractivity contribution is 7.50. The van der Waals surface area contributed by atoms with Crippen LogP contribution in [0.2, 0.25) is 0 Å². The van der Waals surface area contributed by atoms with Crippen molar-refractivity contribution in [3.63, 3.8) is 0 Å². The van der Waals surface area contributed by atoms with E-state index < -0.39 is 11.6 Å². The SMILES string of the molecule is C#CC1(OC(=O)COc2c(C)cc(-[s+]3c4ccccc4c4ccccc43)cc2C)C=CCCC1. The Hall–Kier alpha value is -3.55. The van der Waals surface area contributed by atoms with Gasteiger partial charge in [-0.25, -0.2) is 4.79 Å². The molecule has 0 aliphatic heterocycles. The van der Waals surface area contributed by atoms with Crippen LogP contribution >= 0.6 is 10.5 Å². The first-order valence-corrected chi connectivity index (χ1v) is 12.8. The van der Waals surface area contributed by atoms with Crippen LogP contribution in [-0.2, 0) is 9.53 Å². The lowest BCUT2D eigenvalue weighted by molar-refractivity contribution is -0.154. The van der Waals surface area contributed by atoms with E-state index >= 15 is 0 Å². The van der Waals surface area contributed by atoms with Gasteiger partial charge >= 0.3 is 5.97 Å². The van der Waals surface area contributed by atoms with Gasteiger partial charge in [0.25, 0.3) is 0 Å². The third kappa shape index (κ3) is 3.97. The van der Waals surface area contributed by atoms with E-state index in [0.717, 1.165) is 29.7 Å². The fourth-order valence-electron chi connectivity index (χ4n) is 4.80. The maximum Gasteiger partial charge on any atom is 0.345 e. The number of hydrogen-bond donors (Lipinski definition) is 0. The maximum absolute atomic E-state index is 12.5. The van der Waals surface area contributed by atoms with Gasteiger partial charge in [-0.1, -0.05) is 36.3 Å². The Kier molecular flexibility index (Phi) is 5.89. The van der Waals surface area contributed by atoms with Gasteiger partial charge in [0, 0.05) is 39.8 Å². The van der Waals surface area contributed by atoms with E-state index in [9.17, 15) is 4.79 Å². The van der Waals surface area contributed by atoms with Crippen LogP contribution in [0.25, 0.3) is 25.1 Å². The molecule has 0 spiro atoms. The van der Waals surface area contributed by atoms with Crippen LogP contribution in [0.3, 0.4) is 0 Å².